The molecule has 3 aliphatic heterocycles. The summed E-state index contributed by atoms with van der Waals surface area (Å²) in [5.41, 5.74) is 3.20. The highest BCUT2D eigenvalue weighted by atomic mass is 16.5. The first-order chi connectivity index (χ1) is 21.4. The minimum atomic E-state index is -1.16. The summed E-state index contributed by atoms with van der Waals surface area (Å²) in [6.45, 7) is 11.4. The van der Waals surface area contributed by atoms with Gasteiger partial charge < -0.3 is 29.3 Å². The fraction of sp³-hybridized carbons (Fsp3) is 0.429. The number of para-hydroxylation sites is 1. The number of ketones is 1. The summed E-state index contributed by atoms with van der Waals surface area (Å²) in [6, 6.07) is 13.2. The highest BCUT2D eigenvalue weighted by molar-refractivity contribution is 5.89. The number of carbonyl (C=O) groups excluding carboxylic acids is 2. The average Bonchev–Trinajstić information content (AvgIpc) is 3.74. The van der Waals surface area contributed by atoms with Crippen LogP contribution in [0.25, 0.3) is 11.6 Å². The number of carbonyl (C=O) groups is 2. The predicted molar refractivity (Wildman–Crippen MR) is 166 cm³/mol. The summed E-state index contributed by atoms with van der Waals surface area (Å²) >= 11 is 0. The molecule has 2 unspecified atom stereocenters. The predicted octanol–water partition coefficient (Wildman–Crippen LogP) is 5.47. The Balaban J connectivity index is 1.50. The minimum Gasteiger partial charge on any atom is -0.469 e. The SMILES string of the molecule is Cc1coc(-c2nc3oc2C24c5ccccc5NC2Oc2ccc(cc24)C[C@H](CC(=O)[C@@H](O)C(C)C)C(=O)N[C@H]3C(C)(C)C)n1. The van der Waals surface area contributed by atoms with E-state index in [-0.39, 0.29) is 24.0 Å². The van der Waals surface area contributed by atoms with E-state index < -0.39 is 35.1 Å². The van der Waals surface area contributed by atoms with E-state index in [1.54, 1.807) is 20.1 Å². The quantitative estimate of drug-likeness (QED) is 0.268. The zero-order valence-electron chi connectivity index (χ0n) is 26.3. The lowest BCUT2D eigenvalue weighted by Crippen LogP contribution is -2.42. The second kappa shape index (κ2) is 10.3. The van der Waals surface area contributed by atoms with Crippen molar-refractivity contribution in [1.29, 1.82) is 0 Å². The number of aromatic nitrogens is 2. The van der Waals surface area contributed by atoms with Crippen LogP contribution in [0.5, 0.6) is 5.75 Å². The lowest BCUT2D eigenvalue weighted by atomic mass is 9.72. The Hall–Kier alpha value is -4.44. The number of aliphatic hydroxyl groups is 1. The van der Waals surface area contributed by atoms with Crippen molar-refractivity contribution in [2.45, 2.75) is 78.2 Å². The van der Waals surface area contributed by atoms with Crippen LogP contribution < -0.4 is 15.4 Å². The van der Waals surface area contributed by atoms with E-state index in [2.05, 4.69) is 21.7 Å². The Morgan fingerprint density at radius 2 is 1.89 bits per heavy atom. The number of hydrogen-bond donors (Lipinski definition) is 3. The minimum absolute atomic E-state index is 0.106. The number of anilines is 1. The van der Waals surface area contributed by atoms with E-state index in [0.717, 1.165) is 22.4 Å². The van der Waals surface area contributed by atoms with Gasteiger partial charge in [0.1, 0.15) is 29.6 Å². The van der Waals surface area contributed by atoms with Gasteiger partial charge in [0.25, 0.3) is 0 Å². The summed E-state index contributed by atoms with van der Waals surface area (Å²) in [5, 5.41) is 17.3. The highest BCUT2D eigenvalue weighted by Gasteiger charge is 2.61. The number of ether oxygens (including phenoxy) is 1. The topological polar surface area (TPSA) is 140 Å². The van der Waals surface area contributed by atoms with Gasteiger partial charge in [-0.25, -0.2) is 9.97 Å². The van der Waals surface area contributed by atoms with E-state index >= 15 is 0 Å². The molecule has 234 valence electrons. The number of oxazole rings is 2. The van der Waals surface area contributed by atoms with Crippen LogP contribution in [0.3, 0.4) is 0 Å². The Morgan fingerprint density at radius 1 is 1.11 bits per heavy atom. The molecule has 5 atom stereocenters. The highest BCUT2D eigenvalue weighted by Crippen LogP contribution is 2.59. The zero-order valence-corrected chi connectivity index (χ0v) is 26.3. The van der Waals surface area contributed by atoms with E-state index in [1.807, 2.05) is 64.1 Å². The Kier molecular flexibility index (Phi) is 6.70. The van der Waals surface area contributed by atoms with Gasteiger partial charge in [-0.15, -0.1) is 0 Å². The van der Waals surface area contributed by atoms with Crippen LogP contribution in [0, 0.1) is 24.2 Å². The largest absolute Gasteiger partial charge is 0.469 e. The zero-order chi connectivity index (χ0) is 31.8. The maximum absolute atomic E-state index is 14.1. The lowest BCUT2D eigenvalue weighted by Gasteiger charge is -2.32. The van der Waals surface area contributed by atoms with Gasteiger partial charge in [-0.2, -0.15) is 0 Å². The number of fused-ring (bicyclic) bond motifs is 4. The van der Waals surface area contributed by atoms with Crippen LogP contribution in [0.15, 0.2) is 57.6 Å². The number of benzene rings is 2. The van der Waals surface area contributed by atoms with E-state index in [0.29, 0.717) is 41.1 Å². The van der Waals surface area contributed by atoms with Crippen LogP contribution >= 0.6 is 0 Å². The van der Waals surface area contributed by atoms with Gasteiger partial charge >= 0.3 is 0 Å². The molecule has 3 N–H and O–H groups in total. The number of amides is 1. The fourth-order valence-electron chi connectivity index (χ4n) is 6.87. The molecule has 7 rings (SSSR count). The van der Waals surface area contributed by atoms with E-state index in [4.69, 9.17) is 18.6 Å². The number of rotatable bonds is 5. The van der Waals surface area contributed by atoms with Gasteiger partial charge in [0.15, 0.2) is 23.5 Å². The molecule has 1 amide bonds. The van der Waals surface area contributed by atoms with E-state index in [9.17, 15) is 14.7 Å². The van der Waals surface area contributed by atoms with Crippen LogP contribution in [0.4, 0.5) is 5.69 Å². The molecule has 2 aromatic carbocycles. The van der Waals surface area contributed by atoms with Crippen LogP contribution in [0.2, 0.25) is 0 Å². The van der Waals surface area contributed by atoms with Crippen molar-refractivity contribution in [2.24, 2.45) is 17.3 Å². The third-order valence-electron chi connectivity index (χ3n) is 9.23. The van der Waals surface area contributed by atoms with Crippen molar-refractivity contribution < 1.29 is 28.3 Å². The molecule has 0 radical (unpaired) electrons. The van der Waals surface area contributed by atoms with Gasteiger partial charge in [0.05, 0.1) is 5.69 Å². The lowest BCUT2D eigenvalue weighted by molar-refractivity contribution is -0.135. The number of aliphatic hydroxyl groups excluding tert-OH is 1. The molecule has 4 aromatic rings. The first-order valence-electron chi connectivity index (χ1n) is 15.5. The molecule has 1 spiro atoms. The van der Waals surface area contributed by atoms with Crippen LogP contribution in [0.1, 0.15) is 81.1 Å². The smallest absolute Gasteiger partial charge is 0.249 e. The summed E-state index contributed by atoms with van der Waals surface area (Å²) in [5.74, 6) is 0.111. The van der Waals surface area contributed by atoms with Crippen molar-refractivity contribution in [3.63, 3.8) is 0 Å². The normalized spacial score (nSPS) is 24.1. The molecule has 2 aromatic heterocycles. The first kappa shape index (κ1) is 29.3. The summed E-state index contributed by atoms with van der Waals surface area (Å²) in [7, 11) is 0. The van der Waals surface area contributed by atoms with Crippen molar-refractivity contribution >= 4 is 17.4 Å². The molecule has 3 aliphatic rings. The molecular formula is C35H38N4O6. The van der Waals surface area contributed by atoms with Crippen molar-refractivity contribution in [3.8, 4) is 17.3 Å². The van der Waals surface area contributed by atoms with Crippen molar-refractivity contribution in [3.05, 3.63) is 82.8 Å². The third kappa shape index (κ3) is 4.57. The standard InChI is InChI=1S/C35H38N4O6/c1-17(2)27(41)24(40)15-20-13-19-11-12-25-22(14-19)35(21-9-7-8-10-23(21)37-33(35)44-25)29-26(31-36-18(3)16-43-31)38-32(45-29)28(34(4,5)6)39-30(20)42/h7-12,14,16-17,20,27-28,33,37,41H,13,15H2,1-6H3,(H,39,42)/t20-,27+,28-,33?,35?/m1/s1. The van der Waals surface area contributed by atoms with Gasteiger partial charge in [0, 0.05) is 23.6 Å². The molecule has 45 heavy (non-hydrogen) atoms. The molecular weight excluding hydrogens is 572 g/mol. The van der Waals surface area contributed by atoms with E-state index in [1.165, 1.54) is 0 Å². The summed E-state index contributed by atoms with van der Waals surface area (Å²) < 4.78 is 19.4. The molecule has 4 bridgehead atoms. The second-order valence-electron chi connectivity index (χ2n) is 13.9. The maximum Gasteiger partial charge on any atom is 0.249 e. The maximum atomic E-state index is 14.1. The summed E-state index contributed by atoms with van der Waals surface area (Å²) in [4.78, 5) is 36.9. The van der Waals surface area contributed by atoms with Gasteiger partial charge in [-0.1, -0.05) is 65.0 Å². The number of nitrogens with zero attached hydrogens (tertiary/aromatic N) is 2. The monoisotopic (exact) mass is 610 g/mol. The van der Waals surface area contributed by atoms with Crippen molar-refractivity contribution in [2.75, 3.05) is 5.32 Å². The Morgan fingerprint density at radius 3 is 2.60 bits per heavy atom. The Bertz CT molecular complexity index is 1820. The number of hydrogen-bond acceptors (Lipinski definition) is 9. The van der Waals surface area contributed by atoms with Gasteiger partial charge in [-0.3, -0.25) is 9.59 Å². The molecule has 0 saturated heterocycles. The number of aryl methyl sites for hydroxylation is 1. The second-order valence-corrected chi connectivity index (χ2v) is 13.9. The first-order valence-corrected chi connectivity index (χ1v) is 15.5. The van der Waals surface area contributed by atoms with Gasteiger partial charge in [0.2, 0.25) is 17.7 Å². The number of Topliss-reactive ketones (excluding diaryl/α,β-unsaturated/α-hetero) is 1. The number of nitrogens with one attached hydrogen (secondary N) is 2. The average molecular weight is 611 g/mol. The molecule has 0 saturated carbocycles. The Labute approximate surface area is 261 Å². The summed E-state index contributed by atoms with van der Waals surface area (Å²) in [6.07, 6.45) is 0.0500. The van der Waals surface area contributed by atoms with Crippen LogP contribution in [-0.4, -0.2) is 39.1 Å². The molecule has 0 fully saturated rings. The molecule has 10 heteroatoms. The van der Waals surface area contributed by atoms with Crippen LogP contribution in [-0.2, 0) is 21.4 Å². The fourth-order valence-corrected chi connectivity index (χ4v) is 6.87. The van der Waals surface area contributed by atoms with Gasteiger partial charge in [-0.05, 0) is 47.9 Å². The third-order valence-corrected chi connectivity index (χ3v) is 9.23. The molecule has 0 aliphatic carbocycles. The van der Waals surface area contributed by atoms with Crippen molar-refractivity contribution in [1.82, 2.24) is 15.3 Å². The molecule has 10 nitrogen and oxygen atoms in total. The molecule has 5 heterocycles.